The van der Waals surface area contributed by atoms with Gasteiger partial charge in [0.2, 0.25) is 0 Å². The average molecular weight is 287 g/mol. The van der Waals surface area contributed by atoms with E-state index < -0.39 is 6.09 Å². The van der Waals surface area contributed by atoms with Crippen molar-refractivity contribution >= 4 is 6.09 Å². The summed E-state index contributed by atoms with van der Waals surface area (Å²) in [5.41, 5.74) is 1.82. The number of H-pyrrole nitrogens is 1. The highest BCUT2D eigenvalue weighted by atomic mass is 16.6. The van der Waals surface area contributed by atoms with Gasteiger partial charge in [-0.3, -0.25) is 0 Å². The fourth-order valence-corrected chi connectivity index (χ4v) is 1.99. The maximum atomic E-state index is 11.6. The zero-order chi connectivity index (χ0) is 14.9. The molecule has 1 heterocycles. The van der Waals surface area contributed by atoms with Gasteiger partial charge in [-0.15, -0.1) is 0 Å². The van der Waals surface area contributed by atoms with Crippen LogP contribution in [-0.4, -0.2) is 22.6 Å². The fraction of sp³-hybridized carbons (Fsp3) is 0.375. The van der Waals surface area contributed by atoms with E-state index in [4.69, 9.17) is 4.74 Å². The van der Waals surface area contributed by atoms with Crippen molar-refractivity contribution in [2.75, 3.05) is 6.54 Å². The lowest BCUT2D eigenvalue weighted by atomic mass is 10.2. The van der Waals surface area contributed by atoms with Crippen molar-refractivity contribution < 1.29 is 9.53 Å². The number of benzene rings is 1. The number of hydrogen-bond acceptors (Lipinski definition) is 3. The Bertz CT molecular complexity index is 552. The van der Waals surface area contributed by atoms with Gasteiger partial charge in [-0.25, -0.2) is 9.78 Å². The maximum absolute atomic E-state index is 11.6. The van der Waals surface area contributed by atoms with E-state index in [1.165, 1.54) is 12.8 Å². The highest BCUT2D eigenvalue weighted by molar-refractivity contribution is 5.69. The standard InChI is InChI=1S/C16H21N3O2/c1-2-3-4-8-11-17-16(20)21-15-18-12-14(19-15)13-9-6-5-7-10-13/h5-7,9-10,12H,2-4,8,11H2,1H3,(H,17,20)(H,18,19). The molecule has 0 aliphatic rings. The topological polar surface area (TPSA) is 67.0 Å². The number of carbonyl (C=O) groups excluding carboxylic acids is 1. The predicted octanol–water partition coefficient (Wildman–Crippen LogP) is 3.75. The Morgan fingerprint density at radius 3 is 2.81 bits per heavy atom. The smallest absolute Gasteiger partial charge is 0.375 e. The van der Waals surface area contributed by atoms with E-state index in [-0.39, 0.29) is 6.01 Å². The van der Waals surface area contributed by atoms with Gasteiger partial charge in [0.25, 0.3) is 0 Å². The Balaban J connectivity index is 1.78. The molecule has 1 amide bonds. The van der Waals surface area contributed by atoms with Gasteiger partial charge in [0.05, 0.1) is 11.9 Å². The Morgan fingerprint density at radius 1 is 1.24 bits per heavy atom. The molecule has 0 atom stereocenters. The quantitative estimate of drug-likeness (QED) is 0.762. The first-order valence-corrected chi connectivity index (χ1v) is 7.35. The lowest BCUT2D eigenvalue weighted by Crippen LogP contribution is -2.28. The van der Waals surface area contributed by atoms with Crippen LogP contribution in [0.4, 0.5) is 4.79 Å². The number of amides is 1. The zero-order valence-electron chi connectivity index (χ0n) is 12.3. The molecule has 1 aromatic carbocycles. The van der Waals surface area contributed by atoms with E-state index in [1.807, 2.05) is 30.3 Å². The number of carbonyl (C=O) groups is 1. The number of imidazole rings is 1. The van der Waals surface area contributed by atoms with Gasteiger partial charge in [-0.1, -0.05) is 56.5 Å². The monoisotopic (exact) mass is 287 g/mol. The largest absolute Gasteiger partial charge is 0.415 e. The second-order valence-electron chi connectivity index (χ2n) is 4.85. The van der Waals surface area contributed by atoms with Crippen molar-refractivity contribution in [3.05, 3.63) is 36.5 Å². The average Bonchev–Trinajstić information content (AvgIpc) is 2.96. The lowest BCUT2D eigenvalue weighted by molar-refractivity contribution is 0.196. The molecule has 1 aromatic heterocycles. The van der Waals surface area contributed by atoms with Crippen LogP contribution < -0.4 is 10.1 Å². The van der Waals surface area contributed by atoms with E-state index in [0.717, 1.165) is 24.1 Å². The van der Waals surface area contributed by atoms with Crippen LogP contribution in [0.2, 0.25) is 0 Å². The first kappa shape index (κ1) is 15.1. The minimum Gasteiger partial charge on any atom is -0.375 e. The molecule has 0 spiro atoms. The third-order valence-corrected chi connectivity index (χ3v) is 3.13. The number of rotatable bonds is 7. The summed E-state index contributed by atoms with van der Waals surface area (Å²) in [6.07, 6.45) is 5.64. The molecule has 5 heteroatoms. The van der Waals surface area contributed by atoms with E-state index in [9.17, 15) is 4.79 Å². The number of hydrogen-bond donors (Lipinski definition) is 2. The van der Waals surface area contributed by atoms with Crippen LogP contribution >= 0.6 is 0 Å². The molecule has 112 valence electrons. The number of aromatic nitrogens is 2. The molecule has 2 N–H and O–H groups in total. The van der Waals surface area contributed by atoms with Gasteiger partial charge in [0.1, 0.15) is 0 Å². The van der Waals surface area contributed by atoms with Crippen molar-refractivity contribution in [2.24, 2.45) is 0 Å². The molecule has 0 aliphatic carbocycles. The van der Waals surface area contributed by atoms with Gasteiger partial charge in [-0.2, -0.15) is 0 Å². The molecule has 0 aliphatic heterocycles. The van der Waals surface area contributed by atoms with Crippen LogP contribution in [0, 0.1) is 0 Å². The van der Waals surface area contributed by atoms with Crippen molar-refractivity contribution in [3.63, 3.8) is 0 Å². The van der Waals surface area contributed by atoms with Crippen LogP contribution in [0.25, 0.3) is 11.3 Å². The summed E-state index contributed by atoms with van der Waals surface area (Å²) in [5.74, 6) is 0. The van der Waals surface area contributed by atoms with Crippen molar-refractivity contribution in [1.82, 2.24) is 15.3 Å². The summed E-state index contributed by atoms with van der Waals surface area (Å²) in [7, 11) is 0. The summed E-state index contributed by atoms with van der Waals surface area (Å²) < 4.78 is 5.11. The first-order chi connectivity index (χ1) is 10.3. The van der Waals surface area contributed by atoms with Crippen LogP contribution in [0.3, 0.4) is 0 Å². The van der Waals surface area contributed by atoms with E-state index in [0.29, 0.717) is 6.54 Å². The molecule has 0 bridgehead atoms. The third-order valence-electron chi connectivity index (χ3n) is 3.13. The molecule has 2 aromatic rings. The molecule has 0 fully saturated rings. The zero-order valence-corrected chi connectivity index (χ0v) is 12.3. The Labute approximate surface area is 124 Å². The molecule has 0 unspecified atom stereocenters. The van der Waals surface area contributed by atoms with Crippen LogP contribution in [0.15, 0.2) is 36.5 Å². The number of nitrogens with zero attached hydrogens (tertiary/aromatic N) is 1. The second-order valence-corrected chi connectivity index (χ2v) is 4.85. The molecule has 2 rings (SSSR count). The first-order valence-electron chi connectivity index (χ1n) is 7.35. The molecule has 21 heavy (non-hydrogen) atoms. The summed E-state index contributed by atoms with van der Waals surface area (Å²) in [4.78, 5) is 18.6. The van der Waals surface area contributed by atoms with Crippen molar-refractivity contribution in [2.45, 2.75) is 32.6 Å². The highest BCUT2D eigenvalue weighted by Gasteiger charge is 2.08. The Morgan fingerprint density at radius 2 is 2.05 bits per heavy atom. The molecular weight excluding hydrogens is 266 g/mol. The number of unbranched alkanes of at least 4 members (excludes halogenated alkanes) is 3. The van der Waals surface area contributed by atoms with Crippen molar-refractivity contribution in [3.8, 4) is 17.3 Å². The second kappa shape index (κ2) is 8.09. The summed E-state index contributed by atoms with van der Waals surface area (Å²) in [6, 6.07) is 9.97. The van der Waals surface area contributed by atoms with Gasteiger partial charge in [0, 0.05) is 6.54 Å². The van der Waals surface area contributed by atoms with Gasteiger partial charge < -0.3 is 15.0 Å². The number of aromatic amines is 1. The lowest BCUT2D eigenvalue weighted by Gasteiger charge is -2.04. The maximum Gasteiger partial charge on any atom is 0.415 e. The molecular formula is C16H21N3O2. The third kappa shape index (κ3) is 4.95. The van der Waals surface area contributed by atoms with E-state index in [2.05, 4.69) is 22.2 Å². The predicted molar refractivity (Wildman–Crippen MR) is 82.2 cm³/mol. The Hall–Kier alpha value is -2.30. The molecule has 5 nitrogen and oxygen atoms in total. The number of ether oxygens (including phenoxy) is 1. The van der Waals surface area contributed by atoms with Crippen molar-refractivity contribution in [1.29, 1.82) is 0 Å². The molecule has 0 radical (unpaired) electrons. The fourth-order valence-electron chi connectivity index (χ4n) is 1.99. The molecule has 0 saturated heterocycles. The highest BCUT2D eigenvalue weighted by Crippen LogP contribution is 2.18. The molecule has 0 saturated carbocycles. The normalized spacial score (nSPS) is 10.3. The number of nitrogens with one attached hydrogen (secondary N) is 2. The van der Waals surface area contributed by atoms with Crippen LogP contribution in [0.1, 0.15) is 32.6 Å². The SMILES string of the molecule is CCCCCCNC(=O)Oc1ncc(-c2ccccc2)[nH]1. The van der Waals surface area contributed by atoms with E-state index in [1.54, 1.807) is 6.20 Å². The van der Waals surface area contributed by atoms with Gasteiger partial charge >= 0.3 is 12.1 Å². The minimum absolute atomic E-state index is 0.208. The van der Waals surface area contributed by atoms with Crippen LogP contribution in [-0.2, 0) is 0 Å². The summed E-state index contributed by atoms with van der Waals surface area (Å²) in [5, 5.41) is 2.72. The van der Waals surface area contributed by atoms with Gasteiger partial charge in [-0.05, 0) is 12.0 Å². The summed E-state index contributed by atoms with van der Waals surface area (Å²) >= 11 is 0. The minimum atomic E-state index is -0.472. The van der Waals surface area contributed by atoms with Gasteiger partial charge in [0.15, 0.2) is 0 Å². The van der Waals surface area contributed by atoms with E-state index >= 15 is 0 Å². The summed E-state index contributed by atoms with van der Waals surface area (Å²) in [6.45, 7) is 2.79. The van der Waals surface area contributed by atoms with Crippen LogP contribution in [0.5, 0.6) is 6.01 Å². The Kier molecular flexibility index (Phi) is 5.82.